The molecule has 0 atom stereocenters. The summed E-state index contributed by atoms with van der Waals surface area (Å²) in [6, 6.07) is 4.50. The smallest absolute Gasteiger partial charge is 0.295 e. The maximum Gasteiger partial charge on any atom is 0.328 e. The third kappa shape index (κ3) is 2.89. The van der Waals surface area contributed by atoms with Crippen molar-refractivity contribution >= 4 is 38.5 Å². The largest absolute Gasteiger partial charge is 0.328 e. The molecule has 0 bridgehead atoms. The molecule has 2 rings (SSSR count). The Morgan fingerprint density at radius 3 is 2.83 bits per heavy atom. The van der Waals surface area contributed by atoms with Crippen molar-refractivity contribution in [3.8, 4) is 0 Å². The van der Waals surface area contributed by atoms with Gasteiger partial charge in [0.25, 0.3) is 5.56 Å². The molecule has 7 heteroatoms. The van der Waals surface area contributed by atoms with Crippen molar-refractivity contribution in [3.05, 3.63) is 64.7 Å². The van der Waals surface area contributed by atoms with E-state index in [1.807, 2.05) is 22.6 Å². The second-order valence-corrected chi connectivity index (χ2v) is 5.68. The van der Waals surface area contributed by atoms with E-state index in [0.29, 0.717) is 9.13 Å². The molecule has 4 nitrogen and oxygen atoms in total. The van der Waals surface area contributed by atoms with Gasteiger partial charge in [-0.3, -0.25) is 14.3 Å². The molecule has 0 saturated carbocycles. The van der Waals surface area contributed by atoms with Crippen LogP contribution in [-0.4, -0.2) is 9.55 Å². The van der Waals surface area contributed by atoms with Crippen molar-refractivity contribution in [1.82, 2.24) is 9.55 Å². The molecule has 1 aromatic carbocycles. The van der Waals surface area contributed by atoms with Crippen LogP contribution in [-0.2, 0) is 6.54 Å². The lowest BCUT2D eigenvalue weighted by Gasteiger charge is -2.07. The second kappa shape index (κ2) is 5.35. The van der Waals surface area contributed by atoms with E-state index in [9.17, 15) is 14.0 Å². The molecule has 0 unspecified atom stereocenters. The van der Waals surface area contributed by atoms with E-state index in [2.05, 4.69) is 20.9 Å². The van der Waals surface area contributed by atoms with Gasteiger partial charge < -0.3 is 0 Å². The standard InChI is InChI=1S/C11H7BrFIN2O2/c12-7-1-2-8(13)6(3-7)4-16-5-9(14)10(17)15-11(16)18/h1-3,5H,4H2,(H,15,17,18). The van der Waals surface area contributed by atoms with Crippen molar-refractivity contribution in [2.24, 2.45) is 0 Å². The fourth-order valence-corrected chi connectivity index (χ4v) is 2.33. The first-order chi connectivity index (χ1) is 8.47. The Balaban J connectivity index is 2.46. The molecule has 0 aliphatic rings. The maximum atomic E-state index is 13.6. The Hall–Kier alpha value is -0.960. The average molecular weight is 425 g/mol. The summed E-state index contributed by atoms with van der Waals surface area (Å²) < 4.78 is 15.9. The van der Waals surface area contributed by atoms with E-state index in [-0.39, 0.29) is 6.54 Å². The maximum absolute atomic E-state index is 13.6. The van der Waals surface area contributed by atoms with E-state index in [1.165, 1.54) is 16.8 Å². The van der Waals surface area contributed by atoms with Crippen LogP contribution in [0.1, 0.15) is 5.56 Å². The summed E-state index contributed by atoms with van der Waals surface area (Å²) in [6.45, 7) is 0.0664. The molecule has 1 aromatic heterocycles. The number of aromatic nitrogens is 2. The lowest BCUT2D eigenvalue weighted by Crippen LogP contribution is -2.31. The first-order valence-electron chi connectivity index (χ1n) is 4.90. The molecule has 0 amide bonds. The molecule has 0 aliphatic heterocycles. The minimum Gasteiger partial charge on any atom is -0.295 e. The molecule has 0 fully saturated rings. The van der Waals surface area contributed by atoms with Crippen molar-refractivity contribution < 1.29 is 4.39 Å². The van der Waals surface area contributed by atoms with Gasteiger partial charge in [-0.25, -0.2) is 9.18 Å². The third-order valence-corrected chi connectivity index (χ3v) is 3.58. The predicted molar refractivity (Wildman–Crippen MR) is 77.2 cm³/mol. The van der Waals surface area contributed by atoms with Crippen LogP contribution in [0.4, 0.5) is 4.39 Å². The lowest BCUT2D eigenvalue weighted by molar-refractivity contribution is 0.591. The van der Waals surface area contributed by atoms with Crippen LogP contribution in [0.5, 0.6) is 0 Å². The van der Waals surface area contributed by atoms with Crippen molar-refractivity contribution in [3.63, 3.8) is 0 Å². The number of rotatable bonds is 2. The van der Waals surface area contributed by atoms with Crippen LogP contribution in [0.3, 0.4) is 0 Å². The van der Waals surface area contributed by atoms with Gasteiger partial charge >= 0.3 is 5.69 Å². The Morgan fingerprint density at radius 2 is 2.11 bits per heavy atom. The summed E-state index contributed by atoms with van der Waals surface area (Å²) in [7, 11) is 0. The van der Waals surface area contributed by atoms with Crippen molar-refractivity contribution in [2.45, 2.75) is 6.54 Å². The first kappa shape index (κ1) is 13.5. The van der Waals surface area contributed by atoms with Gasteiger partial charge in [-0.1, -0.05) is 15.9 Å². The van der Waals surface area contributed by atoms with E-state index >= 15 is 0 Å². The molecule has 94 valence electrons. The highest BCUT2D eigenvalue weighted by molar-refractivity contribution is 14.1. The summed E-state index contributed by atoms with van der Waals surface area (Å²) in [4.78, 5) is 24.9. The van der Waals surface area contributed by atoms with E-state index in [4.69, 9.17) is 0 Å². The van der Waals surface area contributed by atoms with Crippen LogP contribution in [0.25, 0.3) is 0 Å². The van der Waals surface area contributed by atoms with Gasteiger partial charge in [0.05, 0.1) is 10.1 Å². The monoisotopic (exact) mass is 424 g/mol. The average Bonchev–Trinajstić information content (AvgIpc) is 2.30. The van der Waals surface area contributed by atoms with Gasteiger partial charge in [-0.2, -0.15) is 0 Å². The number of H-pyrrole nitrogens is 1. The van der Waals surface area contributed by atoms with Crippen LogP contribution in [0.15, 0.2) is 38.5 Å². The van der Waals surface area contributed by atoms with Crippen molar-refractivity contribution in [2.75, 3.05) is 0 Å². The highest BCUT2D eigenvalue weighted by Gasteiger charge is 2.07. The Kier molecular flexibility index (Phi) is 4.00. The predicted octanol–water partition coefficient (Wildman–Crippen LogP) is 2.09. The van der Waals surface area contributed by atoms with Gasteiger partial charge in [0.1, 0.15) is 5.82 Å². The molecule has 1 heterocycles. The quantitative estimate of drug-likeness (QED) is 0.750. The topological polar surface area (TPSA) is 54.9 Å². The SMILES string of the molecule is O=c1[nH]c(=O)n(Cc2cc(Br)ccc2F)cc1I. The minimum atomic E-state index is -0.556. The Labute approximate surface area is 123 Å². The minimum absolute atomic E-state index is 0.0664. The molecular weight excluding hydrogens is 418 g/mol. The number of hydrogen-bond donors (Lipinski definition) is 1. The van der Waals surface area contributed by atoms with E-state index in [0.717, 1.165) is 4.47 Å². The molecule has 0 aliphatic carbocycles. The van der Waals surface area contributed by atoms with Gasteiger partial charge in [0.2, 0.25) is 0 Å². The third-order valence-electron chi connectivity index (χ3n) is 2.32. The molecule has 0 radical (unpaired) electrons. The molecule has 0 spiro atoms. The van der Waals surface area contributed by atoms with Gasteiger partial charge in [0.15, 0.2) is 0 Å². The fourth-order valence-electron chi connectivity index (χ4n) is 1.45. The highest BCUT2D eigenvalue weighted by atomic mass is 127. The lowest BCUT2D eigenvalue weighted by atomic mass is 10.2. The van der Waals surface area contributed by atoms with E-state index < -0.39 is 17.1 Å². The number of halogens is 3. The van der Waals surface area contributed by atoms with Crippen LogP contribution < -0.4 is 11.2 Å². The fraction of sp³-hybridized carbons (Fsp3) is 0.0909. The molecule has 2 aromatic rings. The first-order valence-corrected chi connectivity index (χ1v) is 6.78. The van der Waals surface area contributed by atoms with Gasteiger partial charge in [-0.05, 0) is 40.8 Å². The number of nitrogens with one attached hydrogen (secondary N) is 1. The number of aromatic amines is 1. The van der Waals surface area contributed by atoms with Gasteiger partial charge in [-0.15, -0.1) is 0 Å². The normalized spacial score (nSPS) is 10.6. The second-order valence-electron chi connectivity index (χ2n) is 3.60. The van der Waals surface area contributed by atoms with Gasteiger partial charge in [0, 0.05) is 16.2 Å². The summed E-state index contributed by atoms with van der Waals surface area (Å²) >= 11 is 5.06. The van der Waals surface area contributed by atoms with Crippen LogP contribution in [0, 0.1) is 9.39 Å². The Morgan fingerprint density at radius 1 is 1.39 bits per heavy atom. The number of benzene rings is 1. The van der Waals surface area contributed by atoms with Crippen LogP contribution >= 0.6 is 38.5 Å². The van der Waals surface area contributed by atoms with Crippen LogP contribution in [0.2, 0.25) is 0 Å². The molecular formula is C11H7BrFIN2O2. The Bertz CT molecular complexity index is 711. The van der Waals surface area contributed by atoms with Crippen molar-refractivity contribution in [1.29, 1.82) is 0 Å². The zero-order chi connectivity index (χ0) is 13.3. The number of hydrogen-bond acceptors (Lipinski definition) is 2. The summed E-state index contributed by atoms with van der Waals surface area (Å²) in [5, 5.41) is 0. The zero-order valence-electron chi connectivity index (χ0n) is 8.91. The molecule has 18 heavy (non-hydrogen) atoms. The summed E-state index contributed by atoms with van der Waals surface area (Å²) in [5.74, 6) is -0.397. The summed E-state index contributed by atoms with van der Waals surface area (Å²) in [6.07, 6.45) is 1.40. The number of nitrogens with zero attached hydrogens (tertiary/aromatic N) is 1. The molecule has 0 saturated heterocycles. The summed E-state index contributed by atoms with van der Waals surface area (Å²) in [5.41, 5.74) is -0.624. The zero-order valence-corrected chi connectivity index (χ0v) is 12.7. The van der Waals surface area contributed by atoms with E-state index in [1.54, 1.807) is 12.1 Å². The highest BCUT2D eigenvalue weighted by Crippen LogP contribution is 2.16. The molecule has 1 N–H and O–H groups in total.